The van der Waals surface area contributed by atoms with Crippen molar-refractivity contribution in [3.63, 3.8) is 0 Å². The van der Waals surface area contributed by atoms with Gasteiger partial charge in [0.2, 0.25) is 0 Å². The minimum Gasteiger partial charge on any atom is -0.328 e. The summed E-state index contributed by atoms with van der Waals surface area (Å²) in [6.45, 7) is 0.855. The van der Waals surface area contributed by atoms with Gasteiger partial charge in [-0.15, -0.1) is 0 Å². The molecule has 2 nitrogen and oxygen atoms in total. The van der Waals surface area contributed by atoms with Crippen molar-refractivity contribution in [3.05, 3.63) is 60.7 Å². The van der Waals surface area contributed by atoms with E-state index in [0.717, 1.165) is 6.67 Å². The quantitative estimate of drug-likeness (QED) is 0.738. The fraction of sp³-hybridized carbons (Fsp3) is 0.200. The standard InChI is InChI=1S/C15H17N2/c1-16(2)13-17(14-9-5-3-6-10-14)15-11-7-4-8-12-15/h3,5-12H,13H2,1-2H3. The Morgan fingerprint density at radius 2 is 1.47 bits per heavy atom. The minimum atomic E-state index is 0.855. The smallest absolute Gasteiger partial charge is 0.0751 e. The number of anilines is 2. The van der Waals surface area contributed by atoms with Crippen LogP contribution in [0.3, 0.4) is 0 Å². The van der Waals surface area contributed by atoms with Gasteiger partial charge in [0, 0.05) is 11.4 Å². The summed E-state index contributed by atoms with van der Waals surface area (Å²) in [6.07, 6.45) is 0. The lowest BCUT2D eigenvalue weighted by Gasteiger charge is -2.28. The van der Waals surface area contributed by atoms with Crippen molar-refractivity contribution >= 4 is 11.4 Å². The van der Waals surface area contributed by atoms with Crippen LogP contribution in [0, 0.1) is 6.07 Å². The molecule has 2 aromatic carbocycles. The van der Waals surface area contributed by atoms with Crippen LogP contribution in [0.25, 0.3) is 0 Å². The zero-order valence-electron chi connectivity index (χ0n) is 10.3. The van der Waals surface area contributed by atoms with Crippen molar-refractivity contribution in [2.45, 2.75) is 0 Å². The van der Waals surface area contributed by atoms with E-state index < -0.39 is 0 Å². The Hall–Kier alpha value is -1.80. The maximum Gasteiger partial charge on any atom is 0.0751 e. The molecule has 0 N–H and O–H groups in total. The summed E-state index contributed by atoms with van der Waals surface area (Å²) in [5.74, 6) is 0. The number of para-hydroxylation sites is 1. The molecule has 0 heterocycles. The van der Waals surface area contributed by atoms with Gasteiger partial charge in [0.1, 0.15) is 0 Å². The van der Waals surface area contributed by atoms with Gasteiger partial charge in [-0.25, -0.2) is 0 Å². The van der Waals surface area contributed by atoms with Gasteiger partial charge >= 0.3 is 0 Å². The molecule has 2 aromatic rings. The third-order valence-electron chi connectivity index (χ3n) is 2.50. The van der Waals surface area contributed by atoms with Crippen LogP contribution in [-0.2, 0) is 0 Å². The Bertz CT molecular complexity index is 397. The van der Waals surface area contributed by atoms with Gasteiger partial charge in [0.15, 0.2) is 0 Å². The summed E-state index contributed by atoms with van der Waals surface area (Å²) in [5, 5.41) is 0. The third-order valence-corrected chi connectivity index (χ3v) is 2.50. The van der Waals surface area contributed by atoms with Crippen LogP contribution in [0.2, 0.25) is 0 Å². The van der Waals surface area contributed by atoms with Crippen molar-refractivity contribution in [2.24, 2.45) is 0 Å². The Balaban J connectivity index is 2.32. The third kappa shape index (κ3) is 3.08. The van der Waals surface area contributed by atoms with E-state index >= 15 is 0 Å². The fourth-order valence-corrected chi connectivity index (χ4v) is 1.76. The normalized spacial score (nSPS) is 10.5. The summed E-state index contributed by atoms with van der Waals surface area (Å²) >= 11 is 0. The highest BCUT2D eigenvalue weighted by Crippen LogP contribution is 2.24. The molecule has 1 radical (unpaired) electrons. The van der Waals surface area contributed by atoms with Gasteiger partial charge < -0.3 is 4.90 Å². The number of rotatable bonds is 4. The number of hydrogen-bond acceptors (Lipinski definition) is 2. The maximum atomic E-state index is 3.05. The molecule has 87 valence electrons. The van der Waals surface area contributed by atoms with Crippen LogP contribution in [0.1, 0.15) is 0 Å². The fourth-order valence-electron chi connectivity index (χ4n) is 1.76. The van der Waals surface area contributed by atoms with E-state index in [1.165, 1.54) is 11.4 Å². The maximum absolute atomic E-state index is 3.05. The van der Waals surface area contributed by atoms with E-state index in [1.807, 2.05) is 18.2 Å². The SMILES string of the molecule is CN(C)CN(c1cc[c]cc1)c1ccccc1. The number of hydrogen-bond donors (Lipinski definition) is 0. The second-order valence-corrected chi connectivity index (χ2v) is 4.24. The molecule has 2 rings (SSSR count). The molecule has 0 fully saturated rings. The van der Waals surface area contributed by atoms with Crippen LogP contribution in [0.5, 0.6) is 0 Å². The first kappa shape index (κ1) is 11.7. The molecular formula is C15H17N2. The van der Waals surface area contributed by atoms with E-state index in [1.54, 1.807) is 0 Å². The van der Waals surface area contributed by atoms with Crippen molar-refractivity contribution in [2.75, 3.05) is 25.7 Å². The molecule has 0 aliphatic rings. The molecule has 0 amide bonds. The van der Waals surface area contributed by atoms with E-state index in [0.29, 0.717) is 0 Å². The van der Waals surface area contributed by atoms with Gasteiger partial charge in [0.25, 0.3) is 0 Å². The van der Waals surface area contributed by atoms with Crippen molar-refractivity contribution in [1.29, 1.82) is 0 Å². The Morgan fingerprint density at radius 1 is 0.882 bits per heavy atom. The zero-order valence-corrected chi connectivity index (χ0v) is 10.3. The highest BCUT2D eigenvalue weighted by atomic mass is 15.3. The summed E-state index contributed by atoms with van der Waals surface area (Å²) in [7, 11) is 4.15. The summed E-state index contributed by atoms with van der Waals surface area (Å²) in [6, 6.07) is 21.5. The minimum absolute atomic E-state index is 0.855. The Morgan fingerprint density at radius 3 is 2.06 bits per heavy atom. The van der Waals surface area contributed by atoms with E-state index in [4.69, 9.17) is 0 Å². The second kappa shape index (κ2) is 5.51. The molecule has 0 saturated carbocycles. The highest BCUT2D eigenvalue weighted by molar-refractivity contribution is 5.62. The van der Waals surface area contributed by atoms with Crippen LogP contribution >= 0.6 is 0 Å². The van der Waals surface area contributed by atoms with Gasteiger partial charge in [-0.05, 0) is 44.4 Å². The lowest BCUT2D eigenvalue weighted by atomic mass is 10.2. The summed E-state index contributed by atoms with van der Waals surface area (Å²) < 4.78 is 0. The topological polar surface area (TPSA) is 6.48 Å². The first-order valence-corrected chi connectivity index (χ1v) is 5.71. The predicted molar refractivity (Wildman–Crippen MR) is 72.4 cm³/mol. The summed E-state index contributed by atoms with van der Waals surface area (Å²) in [4.78, 5) is 4.43. The molecule has 0 saturated heterocycles. The van der Waals surface area contributed by atoms with E-state index in [2.05, 4.69) is 66.4 Å². The lowest BCUT2D eigenvalue weighted by molar-refractivity contribution is 0.418. The molecule has 17 heavy (non-hydrogen) atoms. The molecule has 0 atom stereocenters. The van der Waals surface area contributed by atoms with Crippen molar-refractivity contribution < 1.29 is 0 Å². The molecule has 0 bridgehead atoms. The predicted octanol–water partition coefficient (Wildman–Crippen LogP) is 3.14. The van der Waals surface area contributed by atoms with Gasteiger partial charge in [0.05, 0.1) is 6.67 Å². The zero-order chi connectivity index (χ0) is 12.1. The molecule has 0 aliphatic carbocycles. The highest BCUT2D eigenvalue weighted by Gasteiger charge is 2.08. The first-order chi connectivity index (χ1) is 8.27. The molecule has 0 spiro atoms. The van der Waals surface area contributed by atoms with Gasteiger partial charge in [-0.3, -0.25) is 4.90 Å². The molecule has 0 aliphatic heterocycles. The summed E-state index contributed by atoms with van der Waals surface area (Å²) in [5.41, 5.74) is 2.39. The van der Waals surface area contributed by atoms with E-state index in [9.17, 15) is 0 Å². The van der Waals surface area contributed by atoms with Crippen molar-refractivity contribution in [3.8, 4) is 0 Å². The Kier molecular flexibility index (Phi) is 3.78. The van der Waals surface area contributed by atoms with Crippen LogP contribution in [-0.4, -0.2) is 25.7 Å². The molecule has 0 aromatic heterocycles. The number of nitrogens with zero attached hydrogens (tertiary/aromatic N) is 2. The van der Waals surface area contributed by atoms with Crippen LogP contribution < -0.4 is 4.90 Å². The van der Waals surface area contributed by atoms with Gasteiger partial charge in [-0.2, -0.15) is 0 Å². The van der Waals surface area contributed by atoms with Gasteiger partial charge in [-0.1, -0.05) is 30.3 Å². The average Bonchev–Trinajstić information content (AvgIpc) is 2.38. The monoisotopic (exact) mass is 225 g/mol. The van der Waals surface area contributed by atoms with Crippen LogP contribution in [0.15, 0.2) is 54.6 Å². The Labute approximate surface area is 103 Å². The molecular weight excluding hydrogens is 208 g/mol. The second-order valence-electron chi connectivity index (χ2n) is 4.24. The molecule has 0 unspecified atom stereocenters. The molecule has 2 heteroatoms. The van der Waals surface area contributed by atoms with Crippen LogP contribution in [0.4, 0.5) is 11.4 Å². The van der Waals surface area contributed by atoms with E-state index in [-0.39, 0.29) is 0 Å². The average molecular weight is 225 g/mol. The first-order valence-electron chi connectivity index (χ1n) is 5.71. The largest absolute Gasteiger partial charge is 0.328 e. The lowest BCUT2D eigenvalue weighted by Crippen LogP contribution is -2.29. The number of benzene rings is 2. The van der Waals surface area contributed by atoms with Crippen molar-refractivity contribution in [1.82, 2.24) is 4.90 Å².